The number of nitrogens with zero attached hydrogens (tertiary/aromatic N) is 3. The minimum absolute atomic E-state index is 0.165. The number of nitrogens with one attached hydrogen (secondary N) is 1. The molecule has 0 aliphatic rings. The minimum Gasteiger partial charge on any atom is -0.369 e. The molecule has 2 aromatic carbocycles. The summed E-state index contributed by atoms with van der Waals surface area (Å²) in [6, 6.07) is 10.4. The van der Waals surface area contributed by atoms with Crippen LogP contribution in [0.15, 0.2) is 46.2 Å². The molecule has 0 fully saturated rings. The van der Waals surface area contributed by atoms with Crippen molar-refractivity contribution in [2.24, 2.45) is 10.9 Å². The van der Waals surface area contributed by atoms with Crippen molar-refractivity contribution in [3.63, 3.8) is 0 Å². The molecule has 0 aliphatic carbocycles. The lowest BCUT2D eigenvalue weighted by molar-refractivity contribution is -0.117. The largest absolute Gasteiger partial charge is 0.369 e. The summed E-state index contributed by atoms with van der Waals surface area (Å²) in [7, 11) is 0. The van der Waals surface area contributed by atoms with Gasteiger partial charge in [0.05, 0.1) is 12.1 Å². The van der Waals surface area contributed by atoms with Crippen LogP contribution in [0.2, 0.25) is 0 Å². The molecular weight excluding hydrogens is 286 g/mol. The Morgan fingerprint density at radius 1 is 1.14 bits per heavy atom. The fourth-order valence-corrected chi connectivity index (χ4v) is 2.09. The number of nitrogens with two attached hydrogens (primary N) is 1. The smallest absolute Gasteiger partial charge is 0.221 e. The lowest BCUT2D eigenvalue weighted by Crippen LogP contribution is -2.13. The topological polar surface area (TPSA) is 123 Å². The Labute approximate surface area is 124 Å². The highest BCUT2D eigenvalue weighted by atomic mass is 16.6. The molecular formula is C14H11N5O3. The summed E-state index contributed by atoms with van der Waals surface area (Å²) < 4.78 is 4.66. The molecule has 0 saturated carbocycles. The SMILES string of the molecule is NC(=O)Cc1ccc(Nc2ccc(N=O)c3nonc23)cc1. The van der Waals surface area contributed by atoms with Crippen molar-refractivity contribution in [2.45, 2.75) is 6.42 Å². The van der Waals surface area contributed by atoms with Gasteiger partial charge in [-0.2, -0.15) is 0 Å². The summed E-state index contributed by atoms with van der Waals surface area (Å²) in [6.07, 6.45) is 0.192. The molecule has 0 aliphatic heterocycles. The summed E-state index contributed by atoms with van der Waals surface area (Å²) in [6.45, 7) is 0. The van der Waals surface area contributed by atoms with Crippen molar-refractivity contribution in [3.8, 4) is 0 Å². The van der Waals surface area contributed by atoms with E-state index in [1.807, 2.05) is 12.1 Å². The van der Waals surface area contributed by atoms with Crippen LogP contribution in [0.4, 0.5) is 17.1 Å². The number of hydrogen-bond acceptors (Lipinski definition) is 7. The van der Waals surface area contributed by atoms with Crippen LogP contribution in [-0.2, 0) is 11.2 Å². The highest BCUT2D eigenvalue weighted by Gasteiger charge is 2.12. The summed E-state index contributed by atoms with van der Waals surface area (Å²) in [5, 5.41) is 13.5. The molecule has 0 spiro atoms. The number of hydrogen-bond donors (Lipinski definition) is 2. The van der Waals surface area contributed by atoms with E-state index in [4.69, 9.17) is 5.73 Å². The Morgan fingerprint density at radius 3 is 2.55 bits per heavy atom. The van der Waals surface area contributed by atoms with Gasteiger partial charge in [-0.25, -0.2) is 4.63 Å². The third kappa shape index (κ3) is 2.62. The van der Waals surface area contributed by atoms with Crippen molar-refractivity contribution < 1.29 is 9.42 Å². The van der Waals surface area contributed by atoms with Gasteiger partial charge in [-0.3, -0.25) is 4.79 Å². The Hall–Kier alpha value is -3.29. The number of nitroso groups, excluding NO2 is 1. The van der Waals surface area contributed by atoms with E-state index in [1.165, 1.54) is 6.07 Å². The monoisotopic (exact) mass is 297 g/mol. The van der Waals surface area contributed by atoms with Gasteiger partial charge < -0.3 is 11.1 Å². The summed E-state index contributed by atoms with van der Waals surface area (Å²) in [4.78, 5) is 21.6. The molecule has 0 bridgehead atoms. The number of anilines is 2. The van der Waals surface area contributed by atoms with E-state index in [0.717, 1.165) is 11.3 Å². The van der Waals surface area contributed by atoms with E-state index in [0.29, 0.717) is 16.7 Å². The van der Waals surface area contributed by atoms with Crippen molar-refractivity contribution in [1.82, 2.24) is 10.3 Å². The maximum Gasteiger partial charge on any atom is 0.221 e. The standard InChI is InChI=1S/C14H11N5O3/c15-12(20)7-8-1-3-9(4-2-8)16-10-5-6-11(17-21)14-13(10)18-22-19-14/h1-6,16H,7H2,(H2,15,20). The van der Waals surface area contributed by atoms with Gasteiger partial charge in [0.25, 0.3) is 0 Å². The number of benzene rings is 2. The van der Waals surface area contributed by atoms with Crippen LogP contribution in [0.5, 0.6) is 0 Å². The second-order valence-electron chi connectivity index (χ2n) is 4.65. The van der Waals surface area contributed by atoms with Gasteiger partial charge in [0.15, 0.2) is 11.0 Å². The molecule has 0 saturated heterocycles. The van der Waals surface area contributed by atoms with Gasteiger partial charge in [-0.1, -0.05) is 12.1 Å². The van der Waals surface area contributed by atoms with E-state index >= 15 is 0 Å². The van der Waals surface area contributed by atoms with Crippen LogP contribution in [0.1, 0.15) is 5.56 Å². The number of fused-ring (bicyclic) bond motifs is 1. The van der Waals surface area contributed by atoms with Crippen molar-refractivity contribution >= 4 is 34.0 Å². The maximum absolute atomic E-state index is 10.9. The Morgan fingerprint density at radius 2 is 1.86 bits per heavy atom. The second kappa shape index (κ2) is 5.60. The van der Waals surface area contributed by atoms with Crippen LogP contribution in [-0.4, -0.2) is 16.2 Å². The molecule has 0 unspecified atom stereocenters. The molecule has 1 amide bonds. The Kier molecular flexibility index (Phi) is 3.48. The zero-order chi connectivity index (χ0) is 15.5. The average molecular weight is 297 g/mol. The van der Waals surface area contributed by atoms with Crippen LogP contribution in [0.3, 0.4) is 0 Å². The first-order valence-corrected chi connectivity index (χ1v) is 6.40. The van der Waals surface area contributed by atoms with Crippen LogP contribution < -0.4 is 11.1 Å². The lowest BCUT2D eigenvalue weighted by Gasteiger charge is -2.07. The van der Waals surface area contributed by atoms with Crippen LogP contribution in [0, 0.1) is 4.91 Å². The molecule has 8 heteroatoms. The average Bonchev–Trinajstić information content (AvgIpc) is 2.99. The number of amides is 1. The predicted octanol–water partition coefficient (Wildman–Crippen LogP) is 2.39. The quantitative estimate of drug-likeness (QED) is 0.697. The molecule has 1 aromatic heterocycles. The molecule has 1 heterocycles. The zero-order valence-corrected chi connectivity index (χ0v) is 11.3. The van der Waals surface area contributed by atoms with Gasteiger partial charge in [-0.05, 0) is 45.3 Å². The normalized spacial score (nSPS) is 10.5. The van der Waals surface area contributed by atoms with E-state index in [-0.39, 0.29) is 18.0 Å². The zero-order valence-electron chi connectivity index (χ0n) is 11.3. The van der Waals surface area contributed by atoms with Crippen molar-refractivity contribution in [3.05, 3.63) is 46.9 Å². The van der Waals surface area contributed by atoms with E-state index in [9.17, 15) is 9.70 Å². The first-order valence-electron chi connectivity index (χ1n) is 6.40. The Balaban J connectivity index is 1.88. The third-order valence-electron chi connectivity index (χ3n) is 3.10. The highest BCUT2D eigenvalue weighted by molar-refractivity contribution is 5.96. The fourth-order valence-electron chi connectivity index (χ4n) is 2.09. The number of primary amides is 1. The van der Waals surface area contributed by atoms with E-state index in [2.05, 4.69) is 25.4 Å². The lowest BCUT2D eigenvalue weighted by atomic mass is 10.1. The summed E-state index contributed by atoms with van der Waals surface area (Å²) in [5.74, 6) is -0.381. The first-order chi connectivity index (χ1) is 10.7. The van der Waals surface area contributed by atoms with Gasteiger partial charge in [0.1, 0.15) is 5.69 Å². The maximum atomic E-state index is 10.9. The molecule has 0 radical (unpaired) electrons. The first kappa shape index (κ1) is 13.7. The highest BCUT2D eigenvalue weighted by Crippen LogP contribution is 2.30. The van der Waals surface area contributed by atoms with Gasteiger partial charge in [0.2, 0.25) is 5.91 Å². The number of aromatic nitrogens is 2. The Bertz CT molecular complexity index is 841. The van der Waals surface area contributed by atoms with Crippen LogP contribution in [0.25, 0.3) is 11.0 Å². The van der Waals surface area contributed by atoms with Gasteiger partial charge in [0, 0.05) is 5.69 Å². The van der Waals surface area contributed by atoms with Crippen molar-refractivity contribution in [1.29, 1.82) is 0 Å². The fraction of sp³-hybridized carbons (Fsp3) is 0.0714. The molecule has 3 rings (SSSR count). The molecule has 3 aromatic rings. The van der Waals surface area contributed by atoms with Crippen LogP contribution >= 0.6 is 0 Å². The molecule has 110 valence electrons. The summed E-state index contributed by atoms with van der Waals surface area (Å²) in [5.41, 5.74) is 8.26. The number of carbonyl (C=O) groups excluding carboxylic acids is 1. The third-order valence-corrected chi connectivity index (χ3v) is 3.10. The molecule has 3 N–H and O–H groups in total. The van der Waals surface area contributed by atoms with E-state index in [1.54, 1.807) is 18.2 Å². The predicted molar refractivity (Wildman–Crippen MR) is 79.9 cm³/mol. The second-order valence-corrected chi connectivity index (χ2v) is 4.65. The van der Waals surface area contributed by atoms with E-state index < -0.39 is 0 Å². The molecule has 8 nitrogen and oxygen atoms in total. The minimum atomic E-state index is -0.381. The summed E-state index contributed by atoms with van der Waals surface area (Å²) >= 11 is 0. The van der Waals surface area contributed by atoms with Crippen molar-refractivity contribution in [2.75, 3.05) is 5.32 Å². The number of carbonyl (C=O) groups is 1. The number of rotatable bonds is 5. The molecule has 0 atom stereocenters. The molecule has 22 heavy (non-hydrogen) atoms. The van der Waals surface area contributed by atoms with Gasteiger partial charge in [-0.15, -0.1) is 4.91 Å². The van der Waals surface area contributed by atoms with Gasteiger partial charge >= 0.3 is 0 Å².